The standard InChI is InChI=1S/C67H109N23O16S/c1-37(2)30-46(85-58(98)43(17-10-25-76-66(71)72)82-63(103)51-20-13-28-90(51)64(104)45(18-11-26-77-67(73)74)84-55(95)41(69)21-22-52(70)92)59(99)88-49(35-91)61(101)86-47(32-40-33-75-36-79-40)60(100)81-42(16-8-9-24-68)56(96)78-34-53(93)89-27-12-19-50(89)62(102)83-44(23-29-107-4)57(97)80-38(3)54(94)87-48(65(105)106)31-39-14-6-5-7-15-39/h5-7,14-15,33,36-38,41-51,91H,8-13,16-32,34-35,68-69H2,1-4H3,(H2,70,92)(H,75,79)(H,78,96)(H,80,97)(H,81,100)(H,82,103)(H,83,102)(H,84,95)(H,85,98)(H,86,101)(H,87,94)(H,88,99)(H,105,106)(H4,71,72,76)(H4,73,74,77)/t38-,41-,42-,43-,44-,45-,46-,47-,48-,49-,50-,51-/m0/s1. The van der Waals surface area contributed by atoms with E-state index in [1.165, 1.54) is 41.0 Å². The minimum atomic E-state index is -1.78. The van der Waals surface area contributed by atoms with Gasteiger partial charge in [-0.2, -0.15) is 11.8 Å². The summed E-state index contributed by atoms with van der Waals surface area (Å²) in [5.41, 5.74) is 40.2. The van der Waals surface area contributed by atoms with E-state index in [1.807, 2.05) is 0 Å². The maximum Gasteiger partial charge on any atom is 0.326 e. The van der Waals surface area contributed by atoms with Crippen LogP contribution in [-0.4, -0.2) is 255 Å². The largest absolute Gasteiger partial charge is 0.480 e. The highest BCUT2D eigenvalue weighted by Crippen LogP contribution is 2.22. The molecule has 0 unspecified atom stereocenters. The lowest BCUT2D eigenvalue weighted by atomic mass is 10.0. The van der Waals surface area contributed by atoms with E-state index in [2.05, 4.69) is 73.1 Å². The summed E-state index contributed by atoms with van der Waals surface area (Å²) < 4.78 is 0. The molecule has 12 atom stereocenters. The number of aliphatic hydroxyl groups is 1. The number of carbonyl (C=O) groups excluding carboxylic acids is 13. The van der Waals surface area contributed by atoms with E-state index in [9.17, 15) is 77.3 Å². The van der Waals surface area contributed by atoms with Gasteiger partial charge in [0.25, 0.3) is 0 Å². The van der Waals surface area contributed by atoms with Crippen LogP contribution in [0.25, 0.3) is 0 Å². The Kier molecular flexibility index (Phi) is 38.9. The van der Waals surface area contributed by atoms with Crippen molar-refractivity contribution in [2.24, 2.45) is 56.0 Å². The van der Waals surface area contributed by atoms with Crippen LogP contribution in [-0.2, 0) is 80.0 Å². The summed E-state index contributed by atoms with van der Waals surface area (Å²) in [6.45, 7) is 3.61. The quantitative estimate of drug-likeness (QED) is 0.0166. The lowest BCUT2D eigenvalue weighted by molar-refractivity contribution is -0.142. The number of nitrogens with zero attached hydrogens (tertiary/aromatic N) is 5. The Morgan fingerprint density at radius 1 is 0.589 bits per heavy atom. The normalized spacial score (nSPS) is 16.7. The number of aromatic nitrogens is 2. The summed E-state index contributed by atoms with van der Waals surface area (Å²) in [5, 5.41) is 46.4. The van der Waals surface area contributed by atoms with E-state index in [0.717, 1.165) is 0 Å². The van der Waals surface area contributed by atoms with Crippen molar-refractivity contribution in [1.82, 2.24) is 72.9 Å². The van der Waals surface area contributed by atoms with Gasteiger partial charge >= 0.3 is 5.97 Å². The van der Waals surface area contributed by atoms with Crippen molar-refractivity contribution in [3.63, 3.8) is 0 Å². The zero-order valence-electron chi connectivity index (χ0n) is 61.0. The second-order valence-electron chi connectivity index (χ2n) is 26.6. The molecule has 2 aliphatic heterocycles. The number of carboxylic acids is 1. The Morgan fingerprint density at radius 2 is 1.10 bits per heavy atom. The number of thioether (sulfide) groups is 1. The van der Waals surface area contributed by atoms with Crippen molar-refractivity contribution >= 4 is 106 Å². The third-order valence-electron chi connectivity index (χ3n) is 17.5. The van der Waals surface area contributed by atoms with Gasteiger partial charge in [0, 0.05) is 57.3 Å². The molecular formula is C67H109N23O16S. The number of guanidine groups is 2. The van der Waals surface area contributed by atoms with Crippen LogP contribution in [0, 0.1) is 5.92 Å². The number of hydrogen-bond acceptors (Lipinski definition) is 21. The first-order chi connectivity index (χ1) is 50.9. The van der Waals surface area contributed by atoms with Gasteiger partial charge < -0.3 is 118 Å². The molecule has 0 bridgehead atoms. The molecule has 0 aliphatic carbocycles. The number of carboxylic acid groups (broad SMARTS) is 1. The fourth-order valence-corrected chi connectivity index (χ4v) is 12.3. The first-order valence-electron chi connectivity index (χ1n) is 35.7. The van der Waals surface area contributed by atoms with Gasteiger partial charge in [-0.25, -0.2) is 9.78 Å². The first-order valence-corrected chi connectivity index (χ1v) is 37.1. The van der Waals surface area contributed by atoms with Crippen LogP contribution in [0.2, 0.25) is 0 Å². The zero-order chi connectivity index (χ0) is 79.3. The van der Waals surface area contributed by atoms with E-state index in [1.54, 1.807) is 50.4 Å². The molecule has 2 fully saturated rings. The van der Waals surface area contributed by atoms with Gasteiger partial charge in [-0.1, -0.05) is 44.2 Å². The second kappa shape index (κ2) is 46.7. The third-order valence-corrected chi connectivity index (χ3v) is 18.2. The smallest absolute Gasteiger partial charge is 0.326 e. The highest BCUT2D eigenvalue weighted by atomic mass is 32.2. The fraction of sp³-hybridized carbons (Fsp3) is 0.627. The van der Waals surface area contributed by atoms with Crippen LogP contribution in [0.3, 0.4) is 0 Å². The van der Waals surface area contributed by atoms with Gasteiger partial charge in [0.15, 0.2) is 11.9 Å². The molecule has 4 rings (SSSR count). The molecule has 1 aromatic carbocycles. The Hall–Kier alpha value is -10.2. The van der Waals surface area contributed by atoms with Gasteiger partial charge in [-0.15, -0.1) is 0 Å². The van der Waals surface area contributed by atoms with Crippen LogP contribution < -0.4 is 93.3 Å². The minimum absolute atomic E-state index is 0.00104. The third kappa shape index (κ3) is 31.4. The number of likely N-dealkylation sites (tertiary alicyclic amines) is 2. The molecule has 594 valence electrons. The van der Waals surface area contributed by atoms with E-state index < -0.39 is 168 Å². The number of benzene rings is 1. The van der Waals surface area contributed by atoms with Crippen molar-refractivity contribution < 1.29 is 77.3 Å². The summed E-state index contributed by atoms with van der Waals surface area (Å²) >= 11 is 1.39. The number of amides is 13. The molecule has 3 heterocycles. The number of aromatic amines is 1. The topological polar surface area (TPSA) is 642 Å². The summed E-state index contributed by atoms with van der Waals surface area (Å²) in [5.74, 6) is -12.1. The number of aliphatic hydroxyl groups excluding tert-OH is 1. The van der Waals surface area contributed by atoms with Crippen LogP contribution in [0.4, 0.5) is 0 Å². The number of hydrogen-bond donors (Lipinski definition) is 20. The lowest BCUT2D eigenvalue weighted by Gasteiger charge is -2.31. The van der Waals surface area contributed by atoms with E-state index >= 15 is 0 Å². The number of H-pyrrole nitrogens is 1. The zero-order valence-corrected chi connectivity index (χ0v) is 61.8. The second-order valence-corrected chi connectivity index (χ2v) is 27.6. The number of imidazole rings is 1. The van der Waals surface area contributed by atoms with Crippen molar-refractivity contribution in [3.05, 3.63) is 54.1 Å². The number of carbonyl (C=O) groups is 14. The monoisotopic (exact) mass is 1520 g/mol. The van der Waals surface area contributed by atoms with E-state index in [0.29, 0.717) is 42.7 Å². The predicted octanol–water partition coefficient (Wildman–Crippen LogP) is -6.62. The molecule has 40 heteroatoms. The Labute approximate surface area is 624 Å². The van der Waals surface area contributed by atoms with Crippen LogP contribution in [0.5, 0.6) is 0 Å². The molecule has 1 aromatic heterocycles. The van der Waals surface area contributed by atoms with E-state index in [4.69, 9.17) is 40.1 Å². The molecule has 0 spiro atoms. The van der Waals surface area contributed by atoms with Crippen LogP contribution >= 0.6 is 11.8 Å². The van der Waals surface area contributed by atoms with E-state index in [-0.39, 0.29) is 134 Å². The molecule has 107 heavy (non-hydrogen) atoms. The summed E-state index contributed by atoms with van der Waals surface area (Å²) in [4.78, 5) is 209. The number of rotatable bonds is 48. The molecule has 13 amide bonds. The molecule has 2 aromatic rings. The predicted molar refractivity (Wildman–Crippen MR) is 394 cm³/mol. The molecule has 2 aliphatic rings. The molecule has 39 nitrogen and oxygen atoms in total. The van der Waals surface area contributed by atoms with Crippen LogP contribution in [0.15, 0.2) is 52.8 Å². The van der Waals surface area contributed by atoms with Crippen molar-refractivity contribution in [3.8, 4) is 0 Å². The van der Waals surface area contributed by atoms with Gasteiger partial charge in [0.1, 0.15) is 66.5 Å². The average molecular weight is 1520 g/mol. The Balaban J connectivity index is 1.48. The van der Waals surface area contributed by atoms with Crippen molar-refractivity contribution in [2.75, 3.05) is 57.9 Å². The van der Waals surface area contributed by atoms with Crippen LogP contribution in [0.1, 0.15) is 128 Å². The number of aliphatic carboxylic acids is 1. The molecule has 0 saturated carbocycles. The Morgan fingerprint density at radius 3 is 1.67 bits per heavy atom. The highest BCUT2D eigenvalue weighted by molar-refractivity contribution is 7.98. The van der Waals surface area contributed by atoms with Crippen molar-refractivity contribution in [1.29, 1.82) is 0 Å². The Bertz CT molecular complexity index is 3360. The maximum absolute atomic E-state index is 14.5. The molecule has 0 radical (unpaired) electrons. The summed E-state index contributed by atoms with van der Waals surface area (Å²) in [7, 11) is 0. The fourth-order valence-electron chi connectivity index (χ4n) is 11.8. The maximum atomic E-state index is 14.5. The number of aliphatic imine (C=N–C) groups is 2. The first kappa shape index (κ1) is 89.2. The molecule has 27 N–H and O–H groups in total. The van der Waals surface area contributed by atoms with Gasteiger partial charge in [0.2, 0.25) is 76.8 Å². The minimum Gasteiger partial charge on any atom is -0.480 e. The van der Waals surface area contributed by atoms with Crippen molar-refractivity contribution in [2.45, 2.75) is 202 Å². The van der Waals surface area contributed by atoms with Gasteiger partial charge in [0.05, 0.1) is 25.5 Å². The number of primary amides is 1. The molecule has 2 saturated heterocycles. The van der Waals surface area contributed by atoms with Gasteiger partial charge in [-0.3, -0.25) is 72.3 Å². The number of nitrogens with one attached hydrogen (secondary N) is 11. The molecular weight excluding hydrogens is 1410 g/mol. The van der Waals surface area contributed by atoms with Gasteiger partial charge in [-0.05, 0) is 127 Å². The number of nitrogens with two attached hydrogens (primary N) is 7. The average Bonchev–Trinajstić information content (AvgIpc) is 1.73. The number of unbranched alkanes of at least 4 members (excludes halogenated alkanes) is 1. The highest BCUT2D eigenvalue weighted by Gasteiger charge is 2.42. The lowest BCUT2D eigenvalue weighted by Crippen LogP contribution is -2.61. The SMILES string of the molecule is CSCC[C@H](NC(=O)[C@@H]1CCCN1C(=O)CNC(=O)[C@H](CCCCN)NC(=O)[C@H](Cc1cnc[nH]1)NC(=O)[C@H](CO)NC(=O)[C@H](CC(C)C)NC(=O)[C@H](CCCN=C(N)N)NC(=O)[C@@H]1CCCN1C(=O)[C@H](CCCN=C(N)N)NC(=O)[C@@H](N)CCC(N)=O)C(=O)N[C@@H](C)C(=O)N[C@@H](Cc1ccccc1)C(=O)O. The summed E-state index contributed by atoms with van der Waals surface area (Å²) in [6, 6.07) is -7.30. The summed E-state index contributed by atoms with van der Waals surface area (Å²) in [6.07, 6.45) is 5.82.